The number of pyridine rings is 1. The molecule has 5 nitrogen and oxygen atoms in total. The van der Waals surface area contributed by atoms with Crippen LogP contribution in [0.1, 0.15) is 6.92 Å². The molecular formula is C15H11F2N3O2S. The van der Waals surface area contributed by atoms with Crippen LogP contribution in [0.15, 0.2) is 28.5 Å². The fourth-order valence-corrected chi connectivity index (χ4v) is 2.91. The van der Waals surface area contributed by atoms with Crippen LogP contribution in [0.3, 0.4) is 0 Å². The second kappa shape index (κ2) is 5.54. The van der Waals surface area contributed by atoms with Crippen molar-refractivity contribution in [3.63, 3.8) is 0 Å². The number of Topliss-reactive ketones (excluding diaryl/α,β-unsaturated/α-hetero) is 1. The van der Waals surface area contributed by atoms with E-state index < -0.39 is 17.1 Å². The predicted octanol–water partition coefficient (Wildman–Crippen LogP) is 2.57. The summed E-state index contributed by atoms with van der Waals surface area (Å²) < 4.78 is 28.5. The molecule has 118 valence electrons. The second-order valence-corrected chi connectivity index (χ2v) is 5.95. The van der Waals surface area contributed by atoms with Gasteiger partial charge in [-0.3, -0.25) is 9.59 Å². The Morgan fingerprint density at radius 3 is 2.65 bits per heavy atom. The monoisotopic (exact) mass is 335 g/mol. The Hall–Kier alpha value is -2.61. The lowest BCUT2D eigenvalue weighted by molar-refractivity contribution is -0.117. The lowest BCUT2D eigenvalue weighted by atomic mass is 10.1. The van der Waals surface area contributed by atoms with Gasteiger partial charge in [-0.15, -0.1) is 11.3 Å². The largest absolute Gasteiger partial charge is 0.375 e. The second-order valence-electron chi connectivity index (χ2n) is 5.06. The van der Waals surface area contributed by atoms with E-state index in [-0.39, 0.29) is 33.9 Å². The molecule has 8 heteroatoms. The van der Waals surface area contributed by atoms with Gasteiger partial charge in [0.25, 0.3) is 0 Å². The summed E-state index contributed by atoms with van der Waals surface area (Å²) in [4.78, 5) is 28.1. The van der Waals surface area contributed by atoms with E-state index in [1.165, 1.54) is 17.7 Å². The highest BCUT2D eigenvalue weighted by Gasteiger charge is 2.16. The van der Waals surface area contributed by atoms with Crippen LogP contribution in [0, 0.1) is 11.6 Å². The first-order chi connectivity index (χ1) is 10.9. The molecule has 0 amide bonds. The Balaban J connectivity index is 2.38. The SMILES string of the molecule is CC(=O)Cn1cc(-c2csc(N)n2)c(=O)c2cc(F)c(F)cc21. The molecule has 23 heavy (non-hydrogen) atoms. The van der Waals surface area contributed by atoms with Crippen LogP contribution in [0.25, 0.3) is 22.2 Å². The fraction of sp³-hybridized carbons (Fsp3) is 0.133. The van der Waals surface area contributed by atoms with Crippen molar-refractivity contribution in [1.82, 2.24) is 9.55 Å². The van der Waals surface area contributed by atoms with E-state index in [1.54, 1.807) is 5.38 Å². The minimum atomic E-state index is -1.13. The molecule has 3 aromatic rings. The molecule has 0 bridgehead atoms. The number of carbonyl (C=O) groups is 1. The molecule has 1 aromatic carbocycles. The molecule has 0 aliphatic heterocycles. The van der Waals surface area contributed by atoms with Crippen LogP contribution in [-0.4, -0.2) is 15.3 Å². The van der Waals surface area contributed by atoms with Crippen molar-refractivity contribution in [3.05, 3.63) is 45.6 Å². The van der Waals surface area contributed by atoms with E-state index in [4.69, 9.17) is 5.73 Å². The zero-order valence-electron chi connectivity index (χ0n) is 12.0. The summed E-state index contributed by atoms with van der Waals surface area (Å²) >= 11 is 1.16. The van der Waals surface area contributed by atoms with Crippen LogP contribution in [0.5, 0.6) is 0 Å². The van der Waals surface area contributed by atoms with Gasteiger partial charge in [0, 0.05) is 23.0 Å². The van der Waals surface area contributed by atoms with Crippen molar-refractivity contribution >= 4 is 33.2 Å². The van der Waals surface area contributed by atoms with Gasteiger partial charge in [-0.1, -0.05) is 0 Å². The third-order valence-electron chi connectivity index (χ3n) is 3.31. The number of aromatic nitrogens is 2. The van der Waals surface area contributed by atoms with Crippen molar-refractivity contribution in [1.29, 1.82) is 0 Å². The van der Waals surface area contributed by atoms with Gasteiger partial charge >= 0.3 is 0 Å². The highest BCUT2D eigenvalue weighted by molar-refractivity contribution is 7.13. The number of halogens is 2. The molecule has 2 aromatic heterocycles. The zero-order valence-corrected chi connectivity index (χ0v) is 12.8. The standard InChI is InChI=1S/C15H11F2N3O2S/c1-7(21)4-20-5-9(12-6-23-15(18)19-12)14(22)8-2-10(16)11(17)3-13(8)20/h2-3,5-6H,4H2,1H3,(H2,18,19). The summed E-state index contributed by atoms with van der Waals surface area (Å²) in [5.74, 6) is -2.40. The summed E-state index contributed by atoms with van der Waals surface area (Å²) in [6, 6.07) is 1.75. The number of thiazole rings is 1. The van der Waals surface area contributed by atoms with Crippen LogP contribution >= 0.6 is 11.3 Å². The summed E-state index contributed by atoms with van der Waals surface area (Å²) in [5.41, 5.74) is 5.74. The maximum atomic E-state index is 13.5. The highest BCUT2D eigenvalue weighted by atomic mass is 32.1. The first-order valence-electron chi connectivity index (χ1n) is 6.60. The molecule has 3 rings (SSSR count). The molecule has 0 saturated heterocycles. The predicted molar refractivity (Wildman–Crippen MR) is 84.3 cm³/mol. The molecule has 0 saturated carbocycles. The number of hydrogen-bond acceptors (Lipinski definition) is 5. The number of fused-ring (bicyclic) bond motifs is 1. The van der Waals surface area contributed by atoms with Gasteiger partial charge in [0.2, 0.25) is 0 Å². The van der Waals surface area contributed by atoms with Crippen molar-refractivity contribution < 1.29 is 13.6 Å². The Bertz CT molecular complexity index is 994. The Morgan fingerprint density at radius 2 is 2.04 bits per heavy atom. The third kappa shape index (κ3) is 2.72. The Morgan fingerprint density at radius 1 is 1.35 bits per heavy atom. The van der Waals surface area contributed by atoms with Gasteiger partial charge in [-0.05, 0) is 13.0 Å². The first-order valence-corrected chi connectivity index (χ1v) is 7.48. The molecule has 0 aliphatic carbocycles. The number of nitrogen functional groups attached to an aromatic ring is 1. The number of benzene rings is 1. The maximum Gasteiger partial charge on any atom is 0.198 e. The summed E-state index contributed by atoms with van der Waals surface area (Å²) in [7, 11) is 0. The third-order valence-corrected chi connectivity index (χ3v) is 3.99. The quantitative estimate of drug-likeness (QED) is 0.798. The van der Waals surface area contributed by atoms with Crippen molar-refractivity contribution in [2.45, 2.75) is 13.5 Å². The molecule has 0 spiro atoms. The molecular weight excluding hydrogens is 324 g/mol. The van der Waals surface area contributed by atoms with Gasteiger partial charge in [0.05, 0.1) is 23.3 Å². The number of nitrogens with zero attached hydrogens (tertiary/aromatic N) is 2. The molecule has 2 heterocycles. The van der Waals surface area contributed by atoms with Crippen LogP contribution in [0.2, 0.25) is 0 Å². The van der Waals surface area contributed by atoms with E-state index in [1.807, 2.05) is 0 Å². The van der Waals surface area contributed by atoms with E-state index in [2.05, 4.69) is 4.98 Å². The minimum Gasteiger partial charge on any atom is -0.375 e. The number of nitrogens with two attached hydrogens (primary N) is 1. The maximum absolute atomic E-state index is 13.5. The van der Waals surface area contributed by atoms with Gasteiger partial charge in [0.1, 0.15) is 5.78 Å². The van der Waals surface area contributed by atoms with Crippen LogP contribution in [0.4, 0.5) is 13.9 Å². The molecule has 0 atom stereocenters. The van der Waals surface area contributed by atoms with E-state index >= 15 is 0 Å². The number of hydrogen-bond donors (Lipinski definition) is 1. The molecule has 0 radical (unpaired) electrons. The number of rotatable bonds is 3. The van der Waals surface area contributed by atoms with Crippen LogP contribution in [-0.2, 0) is 11.3 Å². The van der Waals surface area contributed by atoms with Crippen molar-refractivity contribution in [2.75, 3.05) is 5.73 Å². The summed E-state index contributed by atoms with van der Waals surface area (Å²) in [5, 5.41) is 1.85. The van der Waals surface area contributed by atoms with Crippen LogP contribution < -0.4 is 11.2 Å². The minimum absolute atomic E-state index is 0.0192. The average molecular weight is 335 g/mol. The van der Waals surface area contributed by atoms with Crippen molar-refractivity contribution in [2.24, 2.45) is 0 Å². The zero-order chi connectivity index (χ0) is 16.7. The lowest BCUT2D eigenvalue weighted by Gasteiger charge is -2.12. The number of carbonyl (C=O) groups excluding carboxylic acids is 1. The average Bonchev–Trinajstić information content (AvgIpc) is 2.90. The smallest absolute Gasteiger partial charge is 0.198 e. The fourth-order valence-electron chi connectivity index (χ4n) is 2.35. The molecule has 0 unspecified atom stereocenters. The topological polar surface area (TPSA) is 78.0 Å². The number of anilines is 1. The lowest BCUT2D eigenvalue weighted by Crippen LogP contribution is -2.16. The first kappa shape index (κ1) is 15.3. The molecule has 0 fully saturated rings. The van der Waals surface area contributed by atoms with Gasteiger partial charge < -0.3 is 10.3 Å². The Labute approximate surface area is 133 Å². The summed E-state index contributed by atoms with van der Waals surface area (Å²) in [6.45, 7) is 1.29. The normalized spacial score (nSPS) is 11.1. The van der Waals surface area contributed by atoms with E-state index in [0.29, 0.717) is 5.69 Å². The summed E-state index contributed by atoms with van der Waals surface area (Å²) in [6.07, 6.45) is 1.41. The van der Waals surface area contributed by atoms with Gasteiger partial charge in [-0.25, -0.2) is 13.8 Å². The van der Waals surface area contributed by atoms with Gasteiger partial charge in [-0.2, -0.15) is 0 Å². The number of ketones is 1. The van der Waals surface area contributed by atoms with Gasteiger partial charge in [0.15, 0.2) is 22.2 Å². The molecule has 2 N–H and O–H groups in total. The van der Waals surface area contributed by atoms with E-state index in [0.717, 1.165) is 23.5 Å². The highest BCUT2D eigenvalue weighted by Crippen LogP contribution is 2.24. The van der Waals surface area contributed by atoms with Crippen molar-refractivity contribution in [3.8, 4) is 11.3 Å². The Kier molecular flexibility index (Phi) is 3.69. The van der Waals surface area contributed by atoms with E-state index in [9.17, 15) is 18.4 Å². The molecule has 0 aliphatic rings.